The lowest BCUT2D eigenvalue weighted by atomic mass is 9.94. The van der Waals surface area contributed by atoms with Gasteiger partial charge in [0.1, 0.15) is 5.75 Å². The number of methoxy groups -OCH3 is 1. The number of hydrogen-bond donors (Lipinski definition) is 0. The maximum atomic E-state index is 13.7. The Labute approximate surface area is 224 Å². The topological polar surface area (TPSA) is 58.6 Å². The van der Waals surface area contributed by atoms with Crippen LogP contribution in [0.5, 0.6) is 5.75 Å². The van der Waals surface area contributed by atoms with Crippen LogP contribution in [-0.2, 0) is 17.8 Å². The predicted octanol–water partition coefficient (Wildman–Crippen LogP) is 5.64. The summed E-state index contributed by atoms with van der Waals surface area (Å²) in [4.78, 5) is 18.0. The van der Waals surface area contributed by atoms with E-state index in [-0.39, 0.29) is 11.8 Å². The maximum absolute atomic E-state index is 13.7. The molecule has 0 saturated carbocycles. The van der Waals surface area contributed by atoms with Gasteiger partial charge in [-0.15, -0.1) is 10.2 Å². The Morgan fingerprint density at radius 2 is 1.50 bits per heavy atom. The predicted molar refractivity (Wildman–Crippen MR) is 151 cm³/mol. The van der Waals surface area contributed by atoms with E-state index in [0.29, 0.717) is 6.54 Å². The molecule has 2 heterocycles. The highest BCUT2D eigenvalue weighted by Gasteiger charge is 2.29. The molecule has 38 heavy (non-hydrogen) atoms. The first-order valence-corrected chi connectivity index (χ1v) is 13.3. The normalized spacial score (nSPS) is 13.8. The van der Waals surface area contributed by atoms with E-state index in [1.54, 1.807) is 7.11 Å². The van der Waals surface area contributed by atoms with Crippen molar-refractivity contribution in [1.82, 2.24) is 15.1 Å². The highest BCUT2D eigenvalue weighted by molar-refractivity contribution is 5.79. The van der Waals surface area contributed by atoms with Crippen LogP contribution >= 0.6 is 0 Å². The lowest BCUT2D eigenvalue weighted by Crippen LogP contribution is -2.43. The third-order valence-electron chi connectivity index (χ3n) is 7.25. The molecule has 0 aliphatic carbocycles. The second-order valence-electron chi connectivity index (χ2n) is 9.75. The van der Waals surface area contributed by atoms with Crippen LogP contribution in [0.3, 0.4) is 0 Å². The summed E-state index contributed by atoms with van der Waals surface area (Å²) >= 11 is 0. The van der Waals surface area contributed by atoms with Crippen molar-refractivity contribution in [2.45, 2.75) is 25.8 Å². The van der Waals surface area contributed by atoms with E-state index in [1.165, 1.54) is 11.1 Å². The van der Waals surface area contributed by atoms with Crippen LogP contribution in [0.2, 0.25) is 0 Å². The molecule has 1 aliphatic rings. The molecule has 6 nitrogen and oxygen atoms in total. The van der Waals surface area contributed by atoms with E-state index in [1.807, 2.05) is 65.6 Å². The van der Waals surface area contributed by atoms with Gasteiger partial charge in [0.15, 0.2) is 5.82 Å². The molecule has 5 rings (SSSR count). The molecule has 0 spiro atoms. The third kappa shape index (κ3) is 6.38. The van der Waals surface area contributed by atoms with Crippen molar-refractivity contribution in [2.24, 2.45) is 5.92 Å². The first-order chi connectivity index (χ1) is 18.7. The van der Waals surface area contributed by atoms with E-state index in [2.05, 4.69) is 51.5 Å². The molecule has 0 bridgehead atoms. The van der Waals surface area contributed by atoms with E-state index in [4.69, 9.17) is 4.74 Å². The molecule has 0 radical (unpaired) electrons. The molecule has 1 amide bonds. The van der Waals surface area contributed by atoms with Crippen LogP contribution in [0.25, 0.3) is 11.3 Å². The Morgan fingerprint density at radius 1 is 0.842 bits per heavy atom. The van der Waals surface area contributed by atoms with Crippen molar-refractivity contribution in [2.75, 3.05) is 31.6 Å². The van der Waals surface area contributed by atoms with E-state index < -0.39 is 0 Å². The number of piperidine rings is 1. The summed E-state index contributed by atoms with van der Waals surface area (Å²) in [6, 6.07) is 32.5. The molecule has 1 aromatic heterocycles. The Bertz CT molecular complexity index is 1290. The lowest BCUT2D eigenvalue weighted by Gasteiger charge is -2.35. The SMILES string of the molecule is COc1ccc(-c2ccc(N3CCC(C(=O)N(CCc4ccccc4)Cc4ccccc4)CC3)nn2)cc1. The van der Waals surface area contributed by atoms with Crippen LogP contribution in [0.15, 0.2) is 97.1 Å². The standard InChI is InChI=1S/C32H34N4O2/c1-38-29-14-12-27(13-15-29)30-16-17-31(34-33-30)35-22-19-28(20-23-35)32(37)36(24-26-10-6-3-7-11-26)21-18-25-8-4-2-5-9-25/h2-17,28H,18-24H2,1H3. The summed E-state index contributed by atoms with van der Waals surface area (Å²) in [5, 5.41) is 8.95. The molecule has 1 fully saturated rings. The molecule has 6 heteroatoms. The van der Waals surface area contributed by atoms with Gasteiger partial charge in [0, 0.05) is 37.7 Å². The molecule has 0 unspecified atom stereocenters. The minimum Gasteiger partial charge on any atom is -0.497 e. The van der Waals surface area contributed by atoms with Gasteiger partial charge < -0.3 is 14.5 Å². The van der Waals surface area contributed by atoms with Crippen molar-refractivity contribution in [3.05, 3.63) is 108 Å². The van der Waals surface area contributed by atoms with Gasteiger partial charge in [-0.3, -0.25) is 4.79 Å². The zero-order chi connectivity index (χ0) is 26.2. The summed E-state index contributed by atoms with van der Waals surface area (Å²) in [7, 11) is 1.66. The number of rotatable bonds is 9. The average Bonchev–Trinajstić information content (AvgIpc) is 3.00. The van der Waals surface area contributed by atoms with Crippen LogP contribution in [-0.4, -0.2) is 47.7 Å². The molecule has 4 aromatic rings. The van der Waals surface area contributed by atoms with Crippen LogP contribution in [0, 0.1) is 5.92 Å². The van der Waals surface area contributed by atoms with Gasteiger partial charge in [-0.05, 0) is 66.8 Å². The van der Waals surface area contributed by atoms with E-state index >= 15 is 0 Å². The molecule has 1 aliphatic heterocycles. The van der Waals surface area contributed by atoms with Gasteiger partial charge >= 0.3 is 0 Å². The van der Waals surface area contributed by atoms with Gasteiger partial charge in [0.25, 0.3) is 0 Å². The zero-order valence-corrected chi connectivity index (χ0v) is 21.9. The number of carbonyl (C=O) groups excluding carboxylic acids is 1. The Balaban J connectivity index is 1.20. The first kappa shape index (κ1) is 25.5. The number of hydrogen-bond acceptors (Lipinski definition) is 5. The number of aromatic nitrogens is 2. The van der Waals surface area contributed by atoms with Gasteiger partial charge in [-0.2, -0.15) is 0 Å². The fourth-order valence-electron chi connectivity index (χ4n) is 5.00. The molecular formula is C32H34N4O2. The van der Waals surface area contributed by atoms with E-state index in [0.717, 1.165) is 61.7 Å². The first-order valence-electron chi connectivity index (χ1n) is 13.3. The number of amides is 1. The van der Waals surface area contributed by atoms with Crippen molar-refractivity contribution in [1.29, 1.82) is 0 Å². The molecule has 194 valence electrons. The molecule has 3 aromatic carbocycles. The average molecular weight is 507 g/mol. The lowest BCUT2D eigenvalue weighted by molar-refractivity contribution is -0.136. The highest BCUT2D eigenvalue weighted by Crippen LogP contribution is 2.26. The minimum atomic E-state index is 0.0252. The maximum Gasteiger partial charge on any atom is 0.226 e. The summed E-state index contributed by atoms with van der Waals surface area (Å²) in [6.45, 7) is 2.96. The summed E-state index contributed by atoms with van der Waals surface area (Å²) in [6.07, 6.45) is 2.49. The van der Waals surface area contributed by atoms with Crippen LogP contribution in [0.1, 0.15) is 24.0 Å². The van der Waals surface area contributed by atoms with Crippen molar-refractivity contribution in [3.63, 3.8) is 0 Å². The van der Waals surface area contributed by atoms with Gasteiger partial charge in [0.05, 0.1) is 12.8 Å². The largest absolute Gasteiger partial charge is 0.497 e. The van der Waals surface area contributed by atoms with Gasteiger partial charge in [-0.25, -0.2) is 0 Å². The fraction of sp³-hybridized carbons (Fsp3) is 0.281. The van der Waals surface area contributed by atoms with Crippen LogP contribution in [0.4, 0.5) is 5.82 Å². The third-order valence-corrected chi connectivity index (χ3v) is 7.25. The summed E-state index contributed by atoms with van der Waals surface area (Å²) in [5.41, 5.74) is 4.25. The number of carbonyl (C=O) groups is 1. The molecule has 1 saturated heterocycles. The quantitative estimate of drug-likeness (QED) is 0.294. The molecule has 0 N–H and O–H groups in total. The molecular weight excluding hydrogens is 472 g/mol. The van der Waals surface area contributed by atoms with Crippen LogP contribution < -0.4 is 9.64 Å². The van der Waals surface area contributed by atoms with Gasteiger partial charge in [0.2, 0.25) is 5.91 Å². The van der Waals surface area contributed by atoms with Crippen molar-refractivity contribution in [3.8, 4) is 17.0 Å². The smallest absolute Gasteiger partial charge is 0.226 e. The van der Waals surface area contributed by atoms with Gasteiger partial charge in [-0.1, -0.05) is 60.7 Å². The number of nitrogens with zero attached hydrogens (tertiary/aromatic N) is 4. The Hall–Kier alpha value is -4.19. The number of anilines is 1. The second-order valence-corrected chi connectivity index (χ2v) is 9.75. The second kappa shape index (κ2) is 12.4. The highest BCUT2D eigenvalue weighted by atomic mass is 16.5. The molecule has 0 atom stereocenters. The fourth-order valence-corrected chi connectivity index (χ4v) is 5.00. The monoisotopic (exact) mass is 506 g/mol. The summed E-state index contributed by atoms with van der Waals surface area (Å²) < 4.78 is 5.24. The van der Waals surface area contributed by atoms with E-state index in [9.17, 15) is 4.79 Å². The Morgan fingerprint density at radius 3 is 2.11 bits per heavy atom. The number of benzene rings is 3. The van der Waals surface area contributed by atoms with Crippen molar-refractivity contribution >= 4 is 11.7 Å². The van der Waals surface area contributed by atoms with Crippen molar-refractivity contribution < 1.29 is 9.53 Å². The zero-order valence-electron chi connectivity index (χ0n) is 21.9. The minimum absolute atomic E-state index is 0.0252. The Kier molecular flexibility index (Phi) is 8.29. The number of ether oxygens (including phenoxy) is 1. The summed E-state index contributed by atoms with van der Waals surface area (Å²) in [5.74, 6) is 1.96.